The van der Waals surface area contributed by atoms with Crippen LogP contribution in [0, 0.1) is 0 Å². The van der Waals surface area contributed by atoms with Crippen molar-refractivity contribution in [1.82, 2.24) is 5.32 Å². The lowest BCUT2D eigenvalue weighted by atomic mass is 9.91. The Morgan fingerprint density at radius 3 is 2.50 bits per heavy atom. The number of rotatable bonds is 6. The molecule has 0 fully saturated rings. The molecule has 1 heterocycles. The lowest BCUT2D eigenvalue weighted by Crippen LogP contribution is -2.36. The molecule has 0 radical (unpaired) electrons. The SMILES string of the molecule is CC(=O)CCC(=O)NCC(C)(C)c1ccc(Br)s1. The molecular weight excluding hydrogens is 314 g/mol. The fraction of sp³-hybridized carbons (Fsp3) is 0.538. The maximum atomic E-state index is 11.6. The van der Waals surface area contributed by atoms with E-state index in [2.05, 4.69) is 41.2 Å². The van der Waals surface area contributed by atoms with Gasteiger partial charge in [-0.15, -0.1) is 11.3 Å². The van der Waals surface area contributed by atoms with Crippen LogP contribution in [0.2, 0.25) is 0 Å². The first-order chi connectivity index (χ1) is 8.31. The molecule has 1 N–H and O–H groups in total. The molecule has 0 aliphatic carbocycles. The highest BCUT2D eigenvalue weighted by molar-refractivity contribution is 9.11. The van der Waals surface area contributed by atoms with Gasteiger partial charge in [0.15, 0.2) is 0 Å². The Hall–Kier alpha value is -0.680. The van der Waals surface area contributed by atoms with E-state index < -0.39 is 0 Å². The summed E-state index contributed by atoms with van der Waals surface area (Å²) in [5.74, 6) is -0.0134. The van der Waals surface area contributed by atoms with Crippen LogP contribution in [0.1, 0.15) is 38.5 Å². The number of ketones is 1. The first-order valence-electron chi connectivity index (χ1n) is 5.83. The molecule has 1 aromatic heterocycles. The van der Waals surface area contributed by atoms with Crippen molar-refractivity contribution in [2.45, 2.75) is 39.0 Å². The fourth-order valence-corrected chi connectivity index (χ4v) is 2.95. The molecule has 100 valence electrons. The van der Waals surface area contributed by atoms with E-state index >= 15 is 0 Å². The summed E-state index contributed by atoms with van der Waals surface area (Å²) in [7, 11) is 0. The molecule has 0 saturated heterocycles. The number of amides is 1. The van der Waals surface area contributed by atoms with Crippen molar-refractivity contribution in [2.75, 3.05) is 6.54 Å². The average Bonchev–Trinajstić information content (AvgIpc) is 2.71. The molecule has 0 aliphatic heterocycles. The predicted octanol–water partition coefficient (Wildman–Crippen LogP) is 3.27. The van der Waals surface area contributed by atoms with Gasteiger partial charge < -0.3 is 10.1 Å². The second-order valence-electron chi connectivity index (χ2n) is 4.97. The summed E-state index contributed by atoms with van der Waals surface area (Å²) in [6.07, 6.45) is 0.594. The zero-order valence-corrected chi connectivity index (χ0v) is 13.3. The van der Waals surface area contributed by atoms with Gasteiger partial charge in [0.05, 0.1) is 3.79 Å². The van der Waals surface area contributed by atoms with Crippen LogP contribution in [0.5, 0.6) is 0 Å². The van der Waals surface area contributed by atoms with Crippen molar-refractivity contribution in [3.63, 3.8) is 0 Å². The van der Waals surface area contributed by atoms with Crippen LogP contribution >= 0.6 is 27.3 Å². The van der Waals surface area contributed by atoms with Gasteiger partial charge in [-0.3, -0.25) is 4.79 Å². The van der Waals surface area contributed by atoms with Crippen LogP contribution in [0.3, 0.4) is 0 Å². The third-order valence-electron chi connectivity index (χ3n) is 2.67. The second kappa shape index (κ2) is 6.48. The summed E-state index contributed by atoms with van der Waals surface area (Å²) in [5, 5.41) is 2.89. The Labute approximate surface area is 120 Å². The summed E-state index contributed by atoms with van der Waals surface area (Å²) >= 11 is 5.11. The lowest BCUT2D eigenvalue weighted by molar-refractivity contribution is -0.124. The number of carbonyl (C=O) groups excluding carboxylic acids is 2. The molecule has 0 aliphatic rings. The highest BCUT2D eigenvalue weighted by atomic mass is 79.9. The smallest absolute Gasteiger partial charge is 0.220 e. The van der Waals surface area contributed by atoms with Gasteiger partial charge in [0.25, 0.3) is 0 Å². The van der Waals surface area contributed by atoms with Crippen LogP contribution in [0.25, 0.3) is 0 Å². The molecule has 0 saturated carbocycles. The van der Waals surface area contributed by atoms with Gasteiger partial charge in [0.2, 0.25) is 5.91 Å². The van der Waals surface area contributed by atoms with Gasteiger partial charge in [0, 0.05) is 29.7 Å². The number of hydrogen-bond acceptors (Lipinski definition) is 3. The molecule has 0 aromatic carbocycles. The minimum absolute atomic E-state index is 0.0478. The zero-order chi connectivity index (χ0) is 13.8. The van der Waals surface area contributed by atoms with Crippen molar-refractivity contribution in [1.29, 1.82) is 0 Å². The van der Waals surface area contributed by atoms with Crippen molar-refractivity contribution in [2.24, 2.45) is 0 Å². The maximum Gasteiger partial charge on any atom is 0.220 e. The molecule has 0 bridgehead atoms. The van der Waals surface area contributed by atoms with E-state index in [0.717, 1.165) is 3.79 Å². The van der Waals surface area contributed by atoms with Crippen LogP contribution in [-0.2, 0) is 15.0 Å². The monoisotopic (exact) mass is 331 g/mol. The van der Waals surface area contributed by atoms with Gasteiger partial charge >= 0.3 is 0 Å². The van der Waals surface area contributed by atoms with E-state index in [4.69, 9.17) is 0 Å². The molecule has 1 aromatic rings. The highest BCUT2D eigenvalue weighted by Gasteiger charge is 2.23. The van der Waals surface area contributed by atoms with E-state index in [1.165, 1.54) is 11.8 Å². The van der Waals surface area contributed by atoms with Crippen LogP contribution in [0.4, 0.5) is 0 Å². The number of Topliss-reactive ketones (excluding diaryl/α,β-unsaturated/α-hetero) is 1. The third kappa shape index (κ3) is 4.90. The molecule has 1 amide bonds. The van der Waals surface area contributed by atoms with Crippen molar-refractivity contribution in [3.8, 4) is 0 Å². The summed E-state index contributed by atoms with van der Waals surface area (Å²) in [5.41, 5.74) is -0.0947. The first-order valence-corrected chi connectivity index (χ1v) is 7.44. The third-order valence-corrected chi connectivity index (χ3v) is 4.66. The summed E-state index contributed by atoms with van der Waals surface area (Å²) in [6.45, 7) is 6.27. The molecule has 5 heteroatoms. The molecule has 3 nitrogen and oxygen atoms in total. The quantitative estimate of drug-likeness (QED) is 0.869. The Balaban J connectivity index is 2.46. The summed E-state index contributed by atoms with van der Waals surface area (Å²) < 4.78 is 1.09. The van der Waals surface area contributed by atoms with Crippen LogP contribution < -0.4 is 5.32 Å². The normalized spacial score (nSPS) is 11.3. The summed E-state index contributed by atoms with van der Waals surface area (Å²) in [4.78, 5) is 23.6. The minimum Gasteiger partial charge on any atom is -0.355 e. The van der Waals surface area contributed by atoms with Crippen molar-refractivity contribution in [3.05, 3.63) is 20.8 Å². The van der Waals surface area contributed by atoms with Gasteiger partial charge in [0.1, 0.15) is 5.78 Å². The molecular formula is C13H18BrNO2S. The van der Waals surface area contributed by atoms with Crippen molar-refractivity contribution < 1.29 is 9.59 Å². The van der Waals surface area contributed by atoms with Crippen molar-refractivity contribution >= 4 is 39.0 Å². The Morgan fingerprint density at radius 1 is 1.33 bits per heavy atom. The largest absolute Gasteiger partial charge is 0.355 e. The van der Waals surface area contributed by atoms with Crippen LogP contribution in [-0.4, -0.2) is 18.2 Å². The number of thiophene rings is 1. The van der Waals surface area contributed by atoms with E-state index in [-0.39, 0.29) is 23.5 Å². The fourth-order valence-electron chi connectivity index (χ4n) is 1.46. The van der Waals surface area contributed by atoms with E-state index in [0.29, 0.717) is 13.0 Å². The molecule has 0 spiro atoms. The Bertz CT molecular complexity index is 440. The Morgan fingerprint density at radius 2 is 2.00 bits per heavy atom. The molecule has 1 rings (SSSR count). The average molecular weight is 332 g/mol. The lowest BCUT2D eigenvalue weighted by Gasteiger charge is -2.23. The predicted molar refractivity (Wildman–Crippen MR) is 78.0 cm³/mol. The van der Waals surface area contributed by atoms with E-state index in [1.54, 1.807) is 11.3 Å². The highest BCUT2D eigenvalue weighted by Crippen LogP contribution is 2.32. The number of nitrogens with one attached hydrogen (secondary N) is 1. The van der Waals surface area contributed by atoms with Crippen LogP contribution in [0.15, 0.2) is 15.9 Å². The van der Waals surface area contributed by atoms with Gasteiger partial charge in [-0.1, -0.05) is 13.8 Å². The van der Waals surface area contributed by atoms with Gasteiger partial charge in [-0.2, -0.15) is 0 Å². The first kappa shape index (κ1) is 15.4. The molecule has 0 unspecified atom stereocenters. The van der Waals surface area contributed by atoms with Gasteiger partial charge in [-0.25, -0.2) is 0 Å². The van der Waals surface area contributed by atoms with E-state index in [1.807, 2.05) is 6.07 Å². The van der Waals surface area contributed by atoms with E-state index in [9.17, 15) is 9.59 Å². The maximum absolute atomic E-state index is 11.6. The molecule has 18 heavy (non-hydrogen) atoms. The standard InChI is InChI=1S/C13H18BrNO2S/c1-9(16)4-7-12(17)15-8-13(2,3)10-5-6-11(14)18-10/h5-6H,4,7-8H2,1-3H3,(H,15,17). The van der Waals surface area contributed by atoms with Gasteiger partial charge in [-0.05, 0) is 35.0 Å². The number of halogens is 1. The topological polar surface area (TPSA) is 46.2 Å². The molecule has 0 atom stereocenters. The minimum atomic E-state index is -0.0947. The Kier molecular flexibility index (Phi) is 5.53. The number of hydrogen-bond donors (Lipinski definition) is 1. The zero-order valence-electron chi connectivity index (χ0n) is 10.9. The number of carbonyl (C=O) groups is 2. The summed E-state index contributed by atoms with van der Waals surface area (Å²) in [6, 6.07) is 4.08. The second-order valence-corrected chi connectivity index (χ2v) is 7.43.